The summed E-state index contributed by atoms with van der Waals surface area (Å²) in [7, 11) is 0. The quantitative estimate of drug-likeness (QED) is 0.751. The van der Waals surface area contributed by atoms with Crippen LogP contribution in [0.5, 0.6) is 0 Å². The first-order valence-electron chi connectivity index (χ1n) is 7.24. The zero-order valence-corrected chi connectivity index (χ0v) is 12.2. The summed E-state index contributed by atoms with van der Waals surface area (Å²) in [6, 6.07) is -0.0541. The Bertz CT molecular complexity index is 305. The number of carbonyl (C=O) groups excluding carboxylic acids is 2. The summed E-state index contributed by atoms with van der Waals surface area (Å²) in [6.45, 7) is 6.40. The molecule has 1 saturated carbocycles. The predicted molar refractivity (Wildman–Crippen MR) is 73.8 cm³/mol. The molecule has 0 aromatic carbocycles. The van der Waals surface area contributed by atoms with Gasteiger partial charge in [-0.05, 0) is 31.6 Å². The maximum atomic E-state index is 11.8. The van der Waals surface area contributed by atoms with Crippen LogP contribution < -0.4 is 10.6 Å². The van der Waals surface area contributed by atoms with E-state index in [1.54, 1.807) is 6.92 Å². The Kier molecular flexibility index (Phi) is 6.67. The van der Waals surface area contributed by atoms with Crippen molar-refractivity contribution in [3.63, 3.8) is 0 Å². The second-order valence-electron chi connectivity index (χ2n) is 5.43. The van der Waals surface area contributed by atoms with E-state index in [1.807, 2.05) is 0 Å². The van der Waals surface area contributed by atoms with Gasteiger partial charge >= 0.3 is 12.0 Å². The van der Waals surface area contributed by atoms with Gasteiger partial charge in [0, 0.05) is 6.04 Å². The summed E-state index contributed by atoms with van der Waals surface area (Å²) >= 11 is 0. The summed E-state index contributed by atoms with van der Waals surface area (Å²) in [4.78, 5) is 22.9. The second-order valence-corrected chi connectivity index (χ2v) is 5.43. The third kappa shape index (κ3) is 5.49. The van der Waals surface area contributed by atoms with E-state index in [4.69, 9.17) is 4.74 Å². The molecule has 1 rings (SSSR count). The maximum Gasteiger partial charge on any atom is 0.325 e. The molecule has 0 radical (unpaired) electrons. The molecule has 2 unspecified atom stereocenters. The number of carbonyl (C=O) groups is 2. The highest BCUT2D eigenvalue weighted by Gasteiger charge is 2.28. The van der Waals surface area contributed by atoms with Crippen LogP contribution in [0, 0.1) is 11.8 Å². The first-order chi connectivity index (χ1) is 9.04. The van der Waals surface area contributed by atoms with E-state index in [-0.39, 0.29) is 18.6 Å². The molecule has 0 aromatic rings. The average molecular weight is 270 g/mol. The van der Waals surface area contributed by atoms with Gasteiger partial charge in [0.15, 0.2) is 0 Å². The Balaban J connectivity index is 2.35. The SMILES string of the molecule is CCOC(=O)CNC(=O)NC1CCCCC1C(C)C. The largest absolute Gasteiger partial charge is 0.465 e. The average Bonchev–Trinajstić information content (AvgIpc) is 2.37. The molecule has 1 aliphatic carbocycles. The zero-order chi connectivity index (χ0) is 14.3. The van der Waals surface area contributed by atoms with Gasteiger partial charge < -0.3 is 15.4 Å². The van der Waals surface area contributed by atoms with Crippen LogP contribution in [-0.2, 0) is 9.53 Å². The van der Waals surface area contributed by atoms with E-state index >= 15 is 0 Å². The molecule has 0 heterocycles. The van der Waals surface area contributed by atoms with Crippen molar-refractivity contribution in [2.75, 3.05) is 13.2 Å². The minimum absolute atomic E-state index is 0.0707. The van der Waals surface area contributed by atoms with Crippen molar-refractivity contribution in [2.45, 2.75) is 52.5 Å². The molecule has 0 aromatic heterocycles. The standard InChI is InChI=1S/C14H26N2O3/c1-4-19-13(17)9-15-14(18)16-12-8-6-5-7-11(12)10(2)3/h10-12H,4-9H2,1-3H3,(H2,15,16,18). The number of esters is 1. The third-order valence-corrected chi connectivity index (χ3v) is 3.69. The number of hydrogen-bond acceptors (Lipinski definition) is 3. The number of urea groups is 1. The first-order valence-corrected chi connectivity index (χ1v) is 7.24. The van der Waals surface area contributed by atoms with Gasteiger partial charge in [-0.3, -0.25) is 4.79 Å². The van der Waals surface area contributed by atoms with Crippen LogP contribution in [0.15, 0.2) is 0 Å². The molecule has 0 aliphatic heterocycles. The first kappa shape index (κ1) is 15.8. The fourth-order valence-corrected chi connectivity index (χ4v) is 2.72. The van der Waals surface area contributed by atoms with Gasteiger partial charge in [-0.25, -0.2) is 4.79 Å². The molecular formula is C14H26N2O3. The van der Waals surface area contributed by atoms with Gasteiger partial charge in [0.2, 0.25) is 0 Å². The van der Waals surface area contributed by atoms with Crippen LogP contribution in [0.3, 0.4) is 0 Å². The van der Waals surface area contributed by atoms with Crippen LogP contribution in [-0.4, -0.2) is 31.2 Å². The van der Waals surface area contributed by atoms with Crippen LogP contribution in [0.25, 0.3) is 0 Å². The number of amides is 2. The lowest BCUT2D eigenvalue weighted by atomic mass is 9.78. The van der Waals surface area contributed by atoms with E-state index in [1.165, 1.54) is 12.8 Å². The Morgan fingerprint density at radius 2 is 1.95 bits per heavy atom. The third-order valence-electron chi connectivity index (χ3n) is 3.69. The molecule has 0 spiro atoms. The maximum absolute atomic E-state index is 11.8. The van der Waals surface area contributed by atoms with E-state index in [2.05, 4.69) is 24.5 Å². The number of ether oxygens (including phenoxy) is 1. The molecule has 2 amide bonds. The van der Waals surface area contributed by atoms with Gasteiger partial charge in [-0.15, -0.1) is 0 Å². The van der Waals surface area contributed by atoms with Gasteiger partial charge in [0.1, 0.15) is 6.54 Å². The lowest BCUT2D eigenvalue weighted by Gasteiger charge is -2.34. The van der Waals surface area contributed by atoms with E-state index in [0.29, 0.717) is 18.4 Å². The minimum Gasteiger partial charge on any atom is -0.465 e. The summed E-state index contributed by atoms with van der Waals surface area (Å²) in [6.07, 6.45) is 4.59. The molecule has 2 atom stereocenters. The lowest BCUT2D eigenvalue weighted by Crippen LogP contribution is -2.49. The zero-order valence-electron chi connectivity index (χ0n) is 12.2. The Labute approximate surface area is 115 Å². The molecule has 1 aliphatic rings. The molecule has 2 N–H and O–H groups in total. The highest BCUT2D eigenvalue weighted by molar-refractivity contribution is 5.80. The van der Waals surface area contributed by atoms with Gasteiger partial charge in [-0.2, -0.15) is 0 Å². The Morgan fingerprint density at radius 1 is 1.26 bits per heavy atom. The normalized spacial score (nSPS) is 22.9. The van der Waals surface area contributed by atoms with Crippen molar-refractivity contribution < 1.29 is 14.3 Å². The van der Waals surface area contributed by atoms with Gasteiger partial charge in [0.05, 0.1) is 6.61 Å². The number of hydrogen-bond donors (Lipinski definition) is 2. The van der Waals surface area contributed by atoms with Crippen molar-refractivity contribution in [3.05, 3.63) is 0 Å². The van der Waals surface area contributed by atoms with E-state index in [0.717, 1.165) is 12.8 Å². The van der Waals surface area contributed by atoms with Crippen molar-refractivity contribution in [2.24, 2.45) is 11.8 Å². The molecule has 1 fully saturated rings. The summed E-state index contributed by atoms with van der Waals surface area (Å²) < 4.78 is 4.76. The van der Waals surface area contributed by atoms with Gasteiger partial charge in [-0.1, -0.05) is 26.7 Å². The topological polar surface area (TPSA) is 67.4 Å². The number of rotatable bonds is 5. The highest BCUT2D eigenvalue weighted by atomic mass is 16.5. The highest BCUT2D eigenvalue weighted by Crippen LogP contribution is 2.30. The molecule has 5 nitrogen and oxygen atoms in total. The molecule has 0 bridgehead atoms. The fourth-order valence-electron chi connectivity index (χ4n) is 2.72. The molecule has 0 saturated heterocycles. The molecular weight excluding hydrogens is 244 g/mol. The molecule has 5 heteroatoms. The van der Waals surface area contributed by atoms with Crippen molar-refractivity contribution >= 4 is 12.0 Å². The smallest absolute Gasteiger partial charge is 0.325 e. The van der Waals surface area contributed by atoms with Crippen molar-refractivity contribution in [3.8, 4) is 0 Å². The fraction of sp³-hybridized carbons (Fsp3) is 0.857. The lowest BCUT2D eigenvalue weighted by molar-refractivity contribution is -0.141. The van der Waals surface area contributed by atoms with Crippen molar-refractivity contribution in [1.29, 1.82) is 0 Å². The van der Waals surface area contributed by atoms with Crippen LogP contribution >= 0.6 is 0 Å². The number of nitrogens with one attached hydrogen (secondary N) is 2. The predicted octanol–water partition coefficient (Wildman–Crippen LogP) is 2.06. The van der Waals surface area contributed by atoms with Crippen LogP contribution in [0.4, 0.5) is 4.79 Å². The Hall–Kier alpha value is -1.26. The van der Waals surface area contributed by atoms with Crippen molar-refractivity contribution in [1.82, 2.24) is 10.6 Å². The Morgan fingerprint density at radius 3 is 2.58 bits per heavy atom. The summed E-state index contributed by atoms with van der Waals surface area (Å²) in [5.41, 5.74) is 0. The molecule has 19 heavy (non-hydrogen) atoms. The van der Waals surface area contributed by atoms with Gasteiger partial charge in [0.25, 0.3) is 0 Å². The van der Waals surface area contributed by atoms with Crippen LogP contribution in [0.2, 0.25) is 0 Å². The molecule has 110 valence electrons. The summed E-state index contributed by atoms with van der Waals surface area (Å²) in [5.74, 6) is 0.694. The minimum atomic E-state index is -0.401. The van der Waals surface area contributed by atoms with E-state index < -0.39 is 5.97 Å². The summed E-state index contributed by atoms with van der Waals surface area (Å²) in [5, 5.41) is 5.54. The van der Waals surface area contributed by atoms with Crippen LogP contribution in [0.1, 0.15) is 46.5 Å². The van der Waals surface area contributed by atoms with E-state index in [9.17, 15) is 9.59 Å². The monoisotopic (exact) mass is 270 g/mol. The second kappa shape index (κ2) is 8.02.